The Morgan fingerprint density at radius 3 is 2.57 bits per heavy atom. The zero-order valence-corrected chi connectivity index (χ0v) is 19.6. The number of aliphatic carboxylic acids is 1. The molecule has 2 aromatic heterocycles. The molecule has 0 atom stereocenters. The van der Waals surface area contributed by atoms with Gasteiger partial charge in [-0.05, 0) is 82.5 Å². The first-order chi connectivity index (χ1) is 17.0. The van der Waals surface area contributed by atoms with Gasteiger partial charge < -0.3 is 9.51 Å². The smallest absolute Gasteiger partial charge is 0.328 e. The number of hydrogen-bond acceptors (Lipinski definition) is 3. The van der Waals surface area contributed by atoms with Gasteiger partial charge in [0.2, 0.25) is 0 Å². The first-order valence-corrected chi connectivity index (χ1v) is 11.8. The molecule has 5 nitrogen and oxygen atoms in total. The number of nitriles is 1. The van der Waals surface area contributed by atoms with Crippen molar-refractivity contribution >= 4 is 40.4 Å². The van der Waals surface area contributed by atoms with Gasteiger partial charge in [0.1, 0.15) is 5.65 Å². The molecule has 0 aliphatic heterocycles. The van der Waals surface area contributed by atoms with Gasteiger partial charge in [-0.3, -0.25) is 0 Å². The second-order valence-electron chi connectivity index (χ2n) is 8.62. The number of nitrogens with zero attached hydrogens (tertiary/aromatic N) is 3. The van der Waals surface area contributed by atoms with Gasteiger partial charge in [0.25, 0.3) is 0 Å². The van der Waals surface area contributed by atoms with Crippen molar-refractivity contribution in [3.63, 3.8) is 0 Å². The van der Waals surface area contributed by atoms with Gasteiger partial charge in [0, 0.05) is 29.7 Å². The number of halogens is 1. The van der Waals surface area contributed by atoms with E-state index in [0.717, 1.165) is 64.4 Å². The summed E-state index contributed by atoms with van der Waals surface area (Å²) in [6.07, 6.45) is 11.7. The maximum absolute atomic E-state index is 10.9. The van der Waals surface area contributed by atoms with E-state index in [2.05, 4.69) is 23.3 Å². The molecular formula is C29H22ClN3O2. The largest absolute Gasteiger partial charge is 0.478 e. The van der Waals surface area contributed by atoms with Crippen molar-refractivity contribution in [2.45, 2.75) is 19.3 Å². The number of carbonyl (C=O) groups is 1. The summed E-state index contributed by atoms with van der Waals surface area (Å²) in [6.45, 7) is 0. The second-order valence-corrected chi connectivity index (χ2v) is 9.06. The van der Waals surface area contributed by atoms with Crippen molar-refractivity contribution < 1.29 is 9.90 Å². The van der Waals surface area contributed by atoms with E-state index in [-0.39, 0.29) is 0 Å². The fraction of sp³-hybridized carbons (Fsp3) is 0.138. The third kappa shape index (κ3) is 4.62. The number of imidazole rings is 1. The van der Waals surface area contributed by atoms with Gasteiger partial charge in [0.05, 0.1) is 11.6 Å². The predicted octanol–water partition coefficient (Wildman–Crippen LogP) is 6.72. The Kier molecular flexibility index (Phi) is 6.22. The molecule has 1 aliphatic carbocycles. The quantitative estimate of drug-likeness (QED) is 0.246. The molecule has 6 heteroatoms. The highest BCUT2D eigenvalue weighted by Crippen LogP contribution is 2.46. The summed E-state index contributed by atoms with van der Waals surface area (Å²) in [7, 11) is 0. The second kappa shape index (κ2) is 9.61. The van der Waals surface area contributed by atoms with Crippen LogP contribution in [0, 0.1) is 17.2 Å². The van der Waals surface area contributed by atoms with Crippen LogP contribution in [0.15, 0.2) is 79.3 Å². The van der Waals surface area contributed by atoms with Gasteiger partial charge in [-0.2, -0.15) is 5.26 Å². The highest BCUT2D eigenvalue weighted by molar-refractivity contribution is 6.30. The minimum atomic E-state index is -0.984. The lowest BCUT2D eigenvalue weighted by molar-refractivity contribution is -0.131. The maximum Gasteiger partial charge on any atom is 0.328 e. The van der Waals surface area contributed by atoms with E-state index < -0.39 is 5.97 Å². The Balaban J connectivity index is 1.77. The summed E-state index contributed by atoms with van der Waals surface area (Å²) in [4.78, 5) is 15.3. The molecule has 2 aromatic carbocycles. The molecule has 0 amide bonds. The van der Waals surface area contributed by atoms with Crippen LogP contribution in [0.1, 0.15) is 47.1 Å². The predicted molar refractivity (Wildman–Crippen MR) is 138 cm³/mol. The molecule has 1 saturated carbocycles. The van der Waals surface area contributed by atoms with E-state index >= 15 is 0 Å². The van der Waals surface area contributed by atoms with Crippen LogP contribution in [0.4, 0.5) is 0 Å². The number of rotatable bonds is 6. The normalized spacial score (nSPS) is 14.5. The van der Waals surface area contributed by atoms with E-state index in [0.29, 0.717) is 16.5 Å². The van der Waals surface area contributed by atoms with E-state index in [1.807, 2.05) is 53.1 Å². The molecular weight excluding hydrogens is 458 g/mol. The zero-order valence-electron chi connectivity index (χ0n) is 18.9. The van der Waals surface area contributed by atoms with E-state index in [9.17, 15) is 10.1 Å². The maximum atomic E-state index is 10.9. The number of benzene rings is 2. The van der Waals surface area contributed by atoms with E-state index in [1.165, 1.54) is 0 Å². The Morgan fingerprint density at radius 1 is 1.11 bits per heavy atom. The third-order valence-electron chi connectivity index (χ3n) is 6.47. The summed E-state index contributed by atoms with van der Waals surface area (Å²) in [5, 5.41) is 19.4. The summed E-state index contributed by atoms with van der Waals surface area (Å²) in [6, 6.07) is 19.8. The molecule has 2 heterocycles. The lowest BCUT2D eigenvalue weighted by Crippen LogP contribution is -2.16. The standard InChI is InChI=1S/C29H22ClN3O2/c30-24-10-11-25(23(16-24)17-31)29(20-2-1-3-20)28(22-9-12-26-32-14-15-33(26)18-22)21-7-4-19(5-8-21)6-13-27(34)35/h4-16,18,20H,1-3H2,(H,34,35)/b13-6+,29-28+. The molecule has 5 rings (SSSR count). The minimum Gasteiger partial charge on any atom is -0.478 e. The number of aromatic nitrogens is 2. The number of allylic oxidation sites excluding steroid dienone is 1. The van der Waals surface area contributed by atoms with Crippen LogP contribution in [0.25, 0.3) is 22.9 Å². The molecule has 1 N–H and O–H groups in total. The molecule has 0 bridgehead atoms. The molecule has 1 fully saturated rings. The van der Waals surface area contributed by atoms with Crippen LogP contribution in [-0.4, -0.2) is 20.5 Å². The summed E-state index contributed by atoms with van der Waals surface area (Å²) < 4.78 is 1.99. The molecule has 4 aromatic rings. The first-order valence-electron chi connectivity index (χ1n) is 11.4. The number of hydrogen-bond donors (Lipinski definition) is 1. The van der Waals surface area contributed by atoms with Gasteiger partial charge in [-0.25, -0.2) is 9.78 Å². The summed E-state index contributed by atoms with van der Waals surface area (Å²) >= 11 is 6.24. The fourth-order valence-electron chi connectivity index (χ4n) is 4.57. The van der Waals surface area contributed by atoms with E-state index in [4.69, 9.17) is 16.7 Å². The zero-order chi connectivity index (χ0) is 24.4. The minimum absolute atomic E-state index is 0.323. The lowest BCUT2D eigenvalue weighted by atomic mass is 9.72. The Bertz CT molecular complexity index is 1520. The number of pyridine rings is 1. The van der Waals surface area contributed by atoms with Gasteiger partial charge in [-0.1, -0.05) is 48.4 Å². The molecule has 1 aliphatic rings. The van der Waals surface area contributed by atoms with Crippen molar-refractivity contribution in [1.29, 1.82) is 5.26 Å². The third-order valence-corrected chi connectivity index (χ3v) is 6.71. The van der Waals surface area contributed by atoms with Crippen LogP contribution in [0.3, 0.4) is 0 Å². The van der Waals surface area contributed by atoms with Gasteiger partial charge >= 0.3 is 5.97 Å². The van der Waals surface area contributed by atoms with Crippen molar-refractivity contribution in [3.05, 3.63) is 112 Å². The van der Waals surface area contributed by atoms with Crippen LogP contribution >= 0.6 is 11.6 Å². The molecule has 35 heavy (non-hydrogen) atoms. The number of fused-ring (bicyclic) bond motifs is 1. The molecule has 172 valence electrons. The van der Waals surface area contributed by atoms with Crippen molar-refractivity contribution in [2.24, 2.45) is 5.92 Å². The van der Waals surface area contributed by atoms with Crippen LogP contribution in [-0.2, 0) is 4.79 Å². The Labute approximate surface area is 208 Å². The van der Waals surface area contributed by atoms with E-state index in [1.54, 1.807) is 18.3 Å². The van der Waals surface area contributed by atoms with Crippen LogP contribution < -0.4 is 0 Å². The first kappa shape index (κ1) is 22.6. The highest BCUT2D eigenvalue weighted by Gasteiger charge is 2.29. The van der Waals surface area contributed by atoms with Crippen LogP contribution in [0.2, 0.25) is 5.02 Å². The number of carboxylic acids is 1. The SMILES string of the molecule is N#Cc1cc(Cl)ccc1/C(=C(\c1ccc(/C=C/C(=O)O)cc1)c1ccc2nccn2c1)C1CCC1. The monoisotopic (exact) mass is 479 g/mol. The topological polar surface area (TPSA) is 78.4 Å². The molecule has 0 radical (unpaired) electrons. The van der Waals surface area contributed by atoms with Crippen molar-refractivity contribution in [2.75, 3.05) is 0 Å². The molecule has 0 saturated heterocycles. The number of carboxylic acid groups (broad SMARTS) is 1. The lowest BCUT2D eigenvalue weighted by Gasteiger charge is -2.32. The molecule has 0 unspecified atom stereocenters. The Morgan fingerprint density at radius 2 is 1.89 bits per heavy atom. The average molecular weight is 480 g/mol. The summed E-state index contributed by atoms with van der Waals surface area (Å²) in [5.74, 6) is -0.661. The highest BCUT2D eigenvalue weighted by atomic mass is 35.5. The average Bonchev–Trinajstić information content (AvgIpc) is 3.30. The fourth-order valence-corrected chi connectivity index (χ4v) is 4.75. The Hall–Kier alpha value is -4.14. The summed E-state index contributed by atoms with van der Waals surface area (Å²) in [5.41, 5.74) is 7.32. The van der Waals surface area contributed by atoms with Crippen molar-refractivity contribution in [1.82, 2.24) is 9.38 Å². The van der Waals surface area contributed by atoms with Gasteiger partial charge in [-0.15, -0.1) is 0 Å². The van der Waals surface area contributed by atoms with Crippen molar-refractivity contribution in [3.8, 4) is 6.07 Å². The molecule has 0 spiro atoms. The van der Waals surface area contributed by atoms with Crippen LogP contribution in [0.5, 0.6) is 0 Å². The van der Waals surface area contributed by atoms with Gasteiger partial charge in [0.15, 0.2) is 0 Å².